The van der Waals surface area contributed by atoms with Crippen molar-refractivity contribution < 1.29 is 24.9 Å². The van der Waals surface area contributed by atoms with Gasteiger partial charge in [-0.3, -0.25) is 20.4 Å². The number of rotatable bonds is 3. The van der Waals surface area contributed by atoms with E-state index in [0.717, 1.165) is 0 Å². The lowest BCUT2D eigenvalue weighted by molar-refractivity contribution is -0.121. The third kappa shape index (κ3) is 5.14. The lowest BCUT2D eigenvalue weighted by Crippen LogP contribution is -2.42. The number of phenolic OH excluding ortho intramolecular Hbond substituents is 3. The van der Waals surface area contributed by atoms with Gasteiger partial charge >= 0.3 is 0 Å². The average Bonchev–Trinajstić information content (AvgIpc) is 2.60. The van der Waals surface area contributed by atoms with Crippen LogP contribution in [0.5, 0.6) is 17.2 Å². The largest absolute Gasteiger partial charge is 0.508 e. The van der Waals surface area contributed by atoms with E-state index < -0.39 is 11.8 Å². The number of aryl methyl sites for hydroxylation is 1. The second-order valence-electron chi connectivity index (χ2n) is 5.41. The summed E-state index contributed by atoms with van der Waals surface area (Å²) >= 11 is 0. The first kappa shape index (κ1) is 20.8. The Bertz CT molecular complexity index is 803. The van der Waals surface area contributed by atoms with Gasteiger partial charge in [-0.2, -0.15) is 0 Å². The molecule has 0 spiro atoms. The fourth-order valence-corrected chi connectivity index (χ4v) is 2.25. The van der Waals surface area contributed by atoms with Crippen molar-refractivity contribution in [1.29, 1.82) is 0 Å². The van der Waals surface area contributed by atoms with E-state index in [9.17, 15) is 24.9 Å². The number of hydrogen-bond donors (Lipinski definition) is 5. The van der Waals surface area contributed by atoms with Gasteiger partial charge < -0.3 is 15.3 Å². The van der Waals surface area contributed by atoms with Crippen molar-refractivity contribution in [1.82, 2.24) is 10.9 Å². The summed E-state index contributed by atoms with van der Waals surface area (Å²) in [6, 6.07) is 7.57. The summed E-state index contributed by atoms with van der Waals surface area (Å²) < 4.78 is 0. The van der Waals surface area contributed by atoms with Gasteiger partial charge in [0.2, 0.25) is 5.91 Å². The number of hydrazine groups is 1. The Balaban J connectivity index is 0.00000163. The van der Waals surface area contributed by atoms with Gasteiger partial charge in [0, 0.05) is 5.56 Å². The molecule has 0 unspecified atom stereocenters. The molecule has 2 aromatic rings. The molecule has 2 amide bonds. The zero-order valence-corrected chi connectivity index (χ0v) is 15.3. The van der Waals surface area contributed by atoms with E-state index in [1.54, 1.807) is 19.1 Å². The summed E-state index contributed by atoms with van der Waals surface area (Å²) in [5, 5.41) is 29.0. The standard InChI is InChI=1S/C17H18N2O5.C2H6/c1-9-6-13(21)10(2)16(23)15(9)17(24)19-18-14(22)8-11-4-3-5-12(20)7-11;1-2/h3-7,20-21,23H,8H2,1-2H3,(H,18,22)(H,19,24);1-2H3. The van der Waals surface area contributed by atoms with E-state index in [2.05, 4.69) is 10.9 Å². The predicted octanol–water partition coefficient (Wildman–Crippen LogP) is 2.45. The molecule has 0 aromatic heterocycles. The SMILES string of the molecule is CC.Cc1cc(O)c(C)c(O)c1C(=O)NNC(=O)Cc1cccc(O)c1. The van der Waals surface area contributed by atoms with E-state index in [4.69, 9.17) is 0 Å². The molecule has 7 heteroatoms. The van der Waals surface area contributed by atoms with Crippen LogP contribution < -0.4 is 10.9 Å². The third-order valence-electron chi connectivity index (χ3n) is 3.54. The minimum absolute atomic E-state index is 0.0250. The highest BCUT2D eigenvalue weighted by Crippen LogP contribution is 2.32. The molecule has 0 saturated carbocycles. The molecule has 2 rings (SSSR count). The Labute approximate surface area is 152 Å². The first-order chi connectivity index (χ1) is 12.3. The van der Waals surface area contributed by atoms with E-state index in [-0.39, 0.29) is 34.8 Å². The second kappa shape index (κ2) is 9.31. The summed E-state index contributed by atoms with van der Waals surface area (Å²) in [5.41, 5.74) is 5.57. The van der Waals surface area contributed by atoms with Crippen molar-refractivity contribution in [2.45, 2.75) is 34.1 Å². The van der Waals surface area contributed by atoms with Crippen LogP contribution in [-0.2, 0) is 11.2 Å². The van der Waals surface area contributed by atoms with Gasteiger partial charge in [-0.15, -0.1) is 0 Å². The summed E-state index contributed by atoms with van der Waals surface area (Å²) in [6.07, 6.45) is -0.0335. The highest BCUT2D eigenvalue weighted by Gasteiger charge is 2.19. The van der Waals surface area contributed by atoms with Crippen LogP contribution in [0.25, 0.3) is 0 Å². The van der Waals surface area contributed by atoms with Gasteiger partial charge in [0.1, 0.15) is 17.2 Å². The maximum atomic E-state index is 12.2. The first-order valence-electron chi connectivity index (χ1n) is 8.18. The van der Waals surface area contributed by atoms with Crippen molar-refractivity contribution in [3.05, 3.63) is 52.6 Å². The highest BCUT2D eigenvalue weighted by atomic mass is 16.3. The molecule has 140 valence electrons. The number of carbonyl (C=O) groups is 2. The van der Waals surface area contributed by atoms with E-state index in [1.165, 1.54) is 25.1 Å². The Kier molecular flexibility index (Phi) is 7.46. The fourth-order valence-electron chi connectivity index (χ4n) is 2.25. The highest BCUT2D eigenvalue weighted by molar-refractivity contribution is 6.00. The molecular weight excluding hydrogens is 336 g/mol. The summed E-state index contributed by atoms with van der Waals surface area (Å²) in [7, 11) is 0. The van der Waals surface area contributed by atoms with Crippen LogP contribution in [0.4, 0.5) is 0 Å². The normalized spacial score (nSPS) is 9.69. The van der Waals surface area contributed by atoms with E-state index in [0.29, 0.717) is 11.1 Å². The number of hydrogen-bond acceptors (Lipinski definition) is 5. The molecule has 0 fully saturated rings. The average molecular weight is 360 g/mol. The Morgan fingerprint density at radius 2 is 1.65 bits per heavy atom. The maximum Gasteiger partial charge on any atom is 0.273 e. The topological polar surface area (TPSA) is 119 Å². The number of aromatic hydroxyl groups is 3. The molecule has 0 aliphatic rings. The number of nitrogens with one attached hydrogen (secondary N) is 2. The molecular formula is C19H24N2O5. The van der Waals surface area contributed by atoms with Crippen LogP contribution in [0.2, 0.25) is 0 Å². The van der Waals surface area contributed by atoms with Crippen LogP contribution in [0, 0.1) is 13.8 Å². The number of carbonyl (C=O) groups excluding carboxylic acids is 2. The van der Waals surface area contributed by atoms with Crippen LogP contribution >= 0.6 is 0 Å². The lowest BCUT2D eigenvalue weighted by Gasteiger charge is -2.13. The second-order valence-corrected chi connectivity index (χ2v) is 5.41. The molecule has 0 atom stereocenters. The van der Waals surface area contributed by atoms with Crippen molar-refractivity contribution in [3.63, 3.8) is 0 Å². The van der Waals surface area contributed by atoms with Crippen molar-refractivity contribution in [2.24, 2.45) is 0 Å². The zero-order valence-electron chi connectivity index (χ0n) is 15.3. The molecule has 26 heavy (non-hydrogen) atoms. The minimum Gasteiger partial charge on any atom is -0.508 e. The summed E-state index contributed by atoms with van der Waals surface area (Å²) in [5.74, 6) is -1.59. The molecule has 0 radical (unpaired) electrons. The third-order valence-corrected chi connectivity index (χ3v) is 3.54. The molecule has 0 aliphatic heterocycles. The van der Waals surface area contributed by atoms with Gasteiger partial charge in [-0.05, 0) is 43.2 Å². The molecule has 7 nitrogen and oxygen atoms in total. The van der Waals surface area contributed by atoms with Crippen LogP contribution in [0.1, 0.15) is 40.9 Å². The van der Waals surface area contributed by atoms with Crippen LogP contribution in [0.15, 0.2) is 30.3 Å². The van der Waals surface area contributed by atoms with Gasteiger partial charge in [0.05, 0.1) is 12.0 Å². The van der Waals surface area contributed by atoms with Gasteiger partial charge in [-0.1, -0.05) is 26.0 Å². The predicted molar refractivity (Wildman–Crippen MR) is 98.0 cm³/mol. The van der Waals surface area contributed by atoms with E-state index in [1.807, 2.05) is 13.8 Å². The Morgan fingerprint density at radius 1 is 1.00 bits per heavy atom. The minimum atomic E-state index is -0.697. The fraction of sp³-hybridized carbons (Fsp3) is 0.263. The number of benzene rings is 2. The monoisotopic (exact) mass is 360 g/mol. The van der Waals surface area contributed by atoms with Crippen molar-refractivity contribution in [2.75, 3.05) is 0 Å². The van der Waals surface area contributed by atoms with Crippen LogP contribution in [0.3, 0.4) is 0 Å². The Morgan fingerprint density at radius 3 is 2.27 bits per heavy atom. The summed E-state index contributed by atoms with van der Waals surface area (Å²) in [4.78, 5) is 24.0. The Hall–Kier alpha value is -3.22. The van der Waals surface area contributed by atoms with Crippen molar-refractivity contribution >= 4 is 11.8 Å². The molecule has 2 aromatic carbocycles. The molecule has 0 aliphatic carbocycles. The van der Waals surface area contributed by atoms with Crippen molar-refractivity contribution in [3.8, 4) is 17.2 Å². The molecule has 0 saturated heterocycles. The smallest absolute Gasteiger partial charge is 0.273 e. The molecule has 0 heterocycles. The van der Waals surface area contributed by atoms with Gasteiger partial charge in [0.25, 0.3) is 5.91 Å². The zero-order chi connectivity index (χ0) is 19.9. The van der Waals surface area contributed by atoms with Crippen LogP contribution in [-0.4, -0.2) is 27.1 Å². The lowest BCUT2D eigenvalue weighted by atomic mass is 10.0. The number of phenols is 3. The van der Waals surface area contributed by atoms with Gasteiger partial charge in [0.15, 0.2) is 0 Å². The first-order valence-corrected chi connectivity index (χ1v) is 8.18. The van der Waals surface area contributed by atoms with E-state index >= 15 is 0 Å². The molecule has 0 bridgehead atoms. The quantitative estimate of drug-likeness (QED) is 0.539. The summed E-state index contributed by atoms with van der Waals surface area (Å²) in [6.45, 7) is 7.03. The maximum absolute atomic E-state index is 12.2. The van der Waals surface area contributed by atoms with Gasteiger partial charge in [-0.25, -0.2) is 0 Å². The molecule has 5 N–H and O–H groups in total. The number of amides is 2.